The summed E-state index contributed by atoms with van der Waals surface area (Å²) in [6.45, 7) is 3.12. The van der Waals surface area contributed by atoms with Crippen molar-refractivity contribution < 1.29 is 8.42 Å². The third-order valence-electron chi connectivity index (χ3n) is 5.83. The Morgan fingerprint density at radius 3 is 2.57 bits per heavy atom. The number of nitrogens with one attached hydrogen (secondary N) is 2. The van der Waals surface area contributed by atoms with E-state index < -0.39 is 10.0 Å². The van der Waals surface area contributed by atoms with E-state index in [2.05, 4.69) is 19.9 Å². The Labute approximate surface area is 140 Å². The average molecular weight is 343 g/mol. The zero-order chi connectivity index (χ0) is 16.3. The van der Waals surface area contributed by atoms with E-state index in [-0.39, 0.29) is 5.75 Å². The molecule has 0 unspecified atom stereocenters. The molecule has 3 fully saturated rings. The highest BCUT2D eigenvalue weighted by Gasteiger charge is 2.43. The van der Waals surface area contributed by atoms with Crippen LogP contribution in [-0.4, -0.2) is 58.3 Å². The van der Waals surface area contributed by atoms with Crippen LogP contribution >= 0.6 is 0 Å². The van der Waals surface area contributed by atoms with Crippen LogP contribution in [0.1, 0.15) is 44.9 Å². The van der Waals surface area contributed by atoms with Gasteiger partial charge in [-0.3, -0.25) is 4.99 Å². The number of likely N-dealkylation sites (tertiary alicyclic amines) is 1. The van der Waals surface area contributed by atoms with E-state index in [9.17, 15) is 8.42 Å². The van der Waals surface area contributed by atoms with Crippen molar-refractivity contribution in [1.29, 1.82) is 0 Å². The van der Waals surface area contributed by atoms with Crippen LogP contribution in [-0.2, 0) is 10.0 Å². The van der Waals surface area contributed by atoms with Gasteiger partial charge in [-0.05, 0) is 43.4 Å². The summed E-state index contributed by atoms with van der Waals surface area (Å²) >= 11 is 0. The minimum absolute atomic E-state index is 0.109. The molecule has 0 aromatic rings. The van der Waals surface area contributed by atoms with Gasteiger partial charge in [0.05, 0.1) is 5.75 Å². The second kappa shape index (κ2) is 6.97. The van der Waals surface area contributed by atoms with Gasteiger partial charge in [0.15, 0.2) is 5.96 Å². The lowest BCUT2D eigenvalue weighted by Crippen LogP contribution is -2.44. The highest BCUT2D eigenvalue weighted by Crippen LogP contribution is 2.47. The molecule has 23 heavy (non-hydrogen) atoms. The second-order valence-corrected chi connectivity index (χ2v) is 9.39. The summed E-state index contributed by atoms with van der Waals surface area (Å²) in [5.74, 6) is 1.51. The second-order valence-electron chi connectivity index (χ2n) is 7.46. The number of aliphatic imine (C=N–C) groups is 1. The van der Waals surface area contributed by atoms with Crippen molar-refractivity contribution in [3.05, 3.63) is 0 Å². The maximum atomic E-state index is 12.0. The van der Waals surface area contributed by atoms with Gasteiger partial charge in [-0.1, -0.05) is 12.8 Å². The van der Waals surface area contributed by atoms with Crippen molar-refractivity contribution in [2.45, 2.75) is 44.9 Å². The van der Waals surface area contributed by atoms with Crippen LogP contribution < -0.4 is 10.0 Å². The third-order valence-corrected chi connectivity index (χ3v) is 7.18. The Bertz CT molecular complexity index is 538. The first-order chi connectivity index (χ1) is 11.0. The summed E-state index contributed by atoms with van der Waals surface area (Å²) in [6.07, 6.45) is 8.81. The largest absolute Gasteiger partial charge is 0.355 e. The molecule has 7 heteroatoms. The molecular formula is C16H30N4O2S. The van der Waals surface area contributed by atoms with Crippen LogP contribution in [0, 0.1) is 11.3 Å². The van der Waals surface area contributed by atoms with E-state index in [1.807, 2.05) is 0 Å². The molecule has 1 heterocycles. The summed E-state index contributed by atoms with van der Waals surface area (Å²) in [7, 11) is -1.41. The van der Waals surface area contributed by atoms with Crippen LogP contribution in [0.2, 0.25) is 0 Å². The Hall–Kier alpha value is -0.820. The topological polar surface area (TPSA) is 73.8 Å². The van der Waals surface area contributed by atoms with E-state index in [4.69, 9.17) is 0 Å². The van der Waals surface area contributed by atoms with Crippen LogP contribution in [0.3, 0.4) is 0 Å². The lowest BCUT2D eigenvalue weighted by atomic mass is 9.68. The predicted octanol–water partition coefficient (Wildman–Crippen LogP) is 1.16. The predicted molar refractivity (Wildman–Crippen MR) is 93.0 cm³/mol. The molecule has 1 saturated heterocycles. The molecule has 1 spiro atoms. The molecular weight excluding hydrogens is 312 g/mol. The fourth-order valence-corrected chi connectivity index (χ4v) is 4.85. The zero-order valence-electron chi connectivity index (χ0n) is 14.2. The number of guanidine groups is 1. The number of nitrogens with zero attached hydrogens (tertiary/aromatic N) is 2. The Kier molecular flexibility index (Phi) is 5.16. The van der Waals surface area contributed by atoms with Gasteiger partial charge < -0.3 is 10.2 Å². The Balaban J connectivity index is 1.39. The SMILES string of the molecule is CN=C(NCCS(=O)(=O)NCC1CCC1)N1CCC2(CCC2)C1. The molecule has 2 saturated carbocycles. The zero-order valence-corrected chi connectivity index (χ0v) is 15.0. The summed E-state index contributed by atoms with van der Waals surface area (Å²) in [4.78, 5) is 6.61. The van der Waals surface area contributed by atoms with Crippen molar-refractivity contribution in [3.63, 3.8) is 0 Å². The fraction of sp³-hybridized carbons (Fsp3) is 0.938. The summed E-state index contributed by atoms with van der Waals surface area (Å²) in [6, 6.07) is 0. The Morgan fingerprint density at radius 2 is 2.04 bits per heavy atom. The van der Waals surface area contributed by atoms with Crippen molar-refractivity contribution in [2.75, 3.05) is 39.0 Å². The maximum Gasteiger partial charge on any atom is 0.213 e. The molecule has 132 valence electrons. The van der Waals surface area contributed by atoms with Crippen LogP contribution in [0.4, 0.5) is 0 Å². The van der Waals surface area contributed by atoms with E-state index in [0.29, 0.717) is 24.4 Å². The van der Waals surface area contributed by atoms with Crippen molar-refractivity contribution >= 4 is 16.0 Å². The Morgan fingerprint density at radius 1 is 1.26 bits per heavy atom. The van der Waals surface area contributed by atoms with Crippen LogP contribution in [0.5, 0.6) is 0 Å². The standard InChI is InChI=1S/C16H30N4O2S/c1-17-15(20-10-8-16(13-20)6-3-7-16)18-9-11-23(21,22)19-12-14-4-2-5-14/h14,19H,2-13H2,1H3,(H,17,18). The first-order valence-electron chi connectivity index (χ1n) is 8.95. The molecule has 0 radical (unpaired) electrons. The van der Waals surface area contributed by atoms with E-state index in [1.54, 1.807) is 7.05 Å². The third kappa shape index (κ3) is 4.18. The lowest BCUT2D eigenvalue weighted by molar-refractivity contribution is 0.151. The van der Waals surface area contributed by atoms with E-state index in [1.165, 1.54) is 32.1 Å². The quantitative estimate of drug-likeness (QED) is 0.561. The molecule has 0 amide bonds. The summed E-state index contributed by atoms with van der Waals surface area (Å²) in [5.41, 5.74) is 0.522. The number of hydrogen-bond acceptors (Lipinski definition) is 3. The molecule has 0 aromatic heterocycles. The molecule has 3 aliphatic rings. The normalized spacial score (nSPS) is 24.6. The molecule has 0 aromatic carbocycles. The van der Waals surface area contributed by atoms with E-state index >= 15 is 0 Å². The van der Waals surface area contributed by atoms with Gasteiger partial charge in [-0.25, -0.2) is 13.1 Å². The highest BCUT2D eigenvalue weighted by molar-refractivity contribution is 7.89. The molecule has 0 bridgehead atoms. The molecule has 2 aliphatic carbocycles. The molecule has 2 N–H and O–H groups in total. The van der Waals surface area contributed by atoms with Gasteiger partial charge in [0.2, 0.25) is 10.0 Å². The monoisotopic (exact) mass is 342 g/mol. The number of sulfonamides is 1. The average Bonchev–Trinajstić information content (AvgIpc) is 2.87. The van der Waals surface area contributed by atoms with E-state index in [0.717, 1.165) is 31.9 Å². The highest BCUT2D eigenvalue weighted by atomic mass is 32.2. The van der Waals surface area contributed by atoms with Gasteiger partial charge in [0.1, 0.15) is 0 Å². The number of rotatable bonds is 6. The molecule has 3 rings (SSSR count). The van der Waals surface area contributed by atoms with Gasteiger partial charge in [-0.15, -0.1) is 0 Å². The van der Waals surface area contributed by atoms with Gasteiger partial charge >= 0.3 is 0 Å². The van der Waals surface area contributed by atoms with Crippen molar-refractivity contribution in [2.24, 2.45) is 16.3 Å². The minimum atomic E-state index is -3.18. The van der Waals surface area contributed by atoms with Crippen LogP contribution in [0.25, 0.3) is 0 Å². The van der Waals surface area contributed by atoms with Crippen LogP contribution in [0.15, 0.2) is 4.99 Å². The summed E-state index contributed by atoms with van der Waals surface area (Å²) < 4.78 is 26.8. The summed E-state index contributed by atoms with van der Waals surface area (Å²) in [5, 5.41) is 3.23. The lowest BCUT2D eigenvalue weighted by Gasteiger charge is -2.38. The van der Waals surface area contributed by atoms with Gasteiger partial charge in [0.25, 0.3) is 0 Å². The smallest absolute Gasteiger partial charge is 0.213 e. The first kappa shape index (κ1) is 17.0. The van der Waals surface area contributed by atoms with Crippen molar-refractivity contribution in [1.82, 2.24) is 14.9 Å². The molecule has 6 nitrogen and oxygen atoms in total. The van der Waals surface area contributed by atoms with Crippen molar-refractivity contribution in [3.8, 4) is 0 Å². The fourth-order valence-electron chi connectivity index (χ4n) is 3.84. The molecule has 0 atom stereocenters. The van der Waals surface area contributed by atoms with Gasteiger partial charge in [0, 0.05) is 33.2 Å². The minimum Gasteiger partial charge on any atom is -0.355 e. The molecule has 1 aliphatic heterocycles. The first-order valence-corrected chi connectivity index (χ1v) is 10.6. The van der Waals surface area contributed by atoms with Gasteiger partial charge in [-0.2, -0.15) is 0 Å². The maximum absolute atomic E-state index is 12.0. The number of hydrogen-bond donors (Lipinski definition) is 2.